The molecule has 0 aliphatic carbocycles. The van der Waals surface area contributed by atoms with Gasteiger partial charge in [0.1, 0.15) is 0 Å². The number of aliphatic carboxylic acids is 1. The largest absolute Gasteiger partial charge is 0.481 e. The van der Waals surface area contributed by atoms with Gasteiger partial charge < -0.3 is 14.9 Å². The summed E-state index contributed by atoms with van der Waals surface area (Å²) >= 11 is 0. The second-order valence-corrected chi connectivity index (χ2v) is 7.24. The molecule has 0 amide bonds. The van der Waals surface area contributed by atoms with Crippen molar-refractivity contribution in [1.29, 1.82) is 0 Å². The lowest BCUT2D eigenvalue weighted by atomic mass is 9.96. The molecule has 1 N–H and O–H groups in total. The summed E-state index contributed by atoms with van der Waals surface area (Å²) in [5.74, 6) is -0.926. The van der Waals surface area contributed by atoms with Gasteiger partial charge in [0, 0.05) is 37.6 Å². The average Bonchev–Trinajstić information content (AvgIpc) is 3.07. The van der Waals surface area contributed by atoms with Crippen molar-refractivity contribution in [3.05, 3.63) is 48.0 Å². The minimum absolute atomic E-state index is 0.234. The molecule has 0 aromatic heterocycles. The number of carbonyl (C=O) groups is 1. The van der Waals surface area contributed by atoms with Crippen LogP contribution in [-0.2, 0) is 4.79 Å². The summed E-state index contributed by atoms with van der Waals surface area (Å²) in [4.78, 5) is 15.6. The maximum atomic E-state index is 11.0. The molecule has 2 aromatic rings. The van der Waals surface area contributed by atoms with Crippen LogP contribution in [0.2, 0.25) is 0 Å². The zero-order valence-electron chi connectivity index (χ0n) is 14.6. The van der Waals surface area contributed by atoms with Gasteiger partial charge in [0.25, 0.3) is 0 Å². The van der Waals surface area contributed by atoms with E-state index in [1.807, 2.05) is 0 Å². The molecule has 0 bridgehead atoms. The van der Waals surface area contributed by atoms with Gasteiger partial charge in [-0.1, -0.05) is 18.2 Å². The van der Waals surface area contributed by atoms with Gasteiger partial charge >= 0.3 is 5.97 Å². The fraction of sp³-hybridized carbons (Fsp3) is 0.381. The van der Waals surface area contributed by atoms with Gasteiger partial charge in [-0.15, -0.1) is 0 Å². The molecule has 25 heavy (non-hydrogen) atoms. The topological polar surface area (TPSA) is 43.8 Å². The number of anilines is 2. The van der Waals surface area contributed by atoms with Gasteiger partial charge in [0.05, 0.1) is 5.92 Å². The van der Waals surface area contributed by atoms with Gasteiger partial charge in [-0.05, 0) is 60.7 Å². The van der Waals surface area contributed by atoms with Crippen molar-refractivity contribution in [2.24, 2.45) is 5.92 Å². The Morgan fingerprint density at radius 2 is 1.68 bits per heavy atom. The fourth-order valence-electron chi connectivity index (χ4n) is 3.82. The van der Waals surface area contributed by atoms with E-state index >= 15 is 0 Å². The number of carboxylic acids is 1. The number of hydrogen-bond donors (Lipinski definition) is 1. The lowest BCUT2D eigenvalue weighted by molar-refractivity contribution is -0.142. The maximum Gasteiger partial charge on any atom is 0.310 e. The summed E-state index contributed by atoms with van der Waals surface area (Å²) in [6, 6.07) is 15.3. The van der Waals surface area contributed by atoms with Gasteiger partial charge in [0.2, 0.25) is 0 Å². The minimum Gasteiger partial charge on any atom is -0.481 e. The average molecular weight is 336 g/mol. The third kappa shape index (κ3) is 3.21. The van der Waals surface area contributed by atoms with Crippen LogP contribution in [0.25, 0.3) is 11.1 Å². The first-order valence-corrected chi connectivity index (χ1v) is 9.05. The highest BCUT2D eigenvalue weighted by molar-refractivity contribution is 5.77. The summed E-state index contributed by atoms with van der Waals surface area (Å²) in [6.45, 7) is 5.60. The molecule has 4 nitrogen and oxygen atoms in total. The fourth-order valence-corrected chi connectivity index (χ4v) is 3.82. The van der Waals surface area contributed by atoms with E-state index in [0.717, 1.165) is 18.8 Å². The molecule has 2 aliphatic heterocycles. The first-order chi connectivity index (χ1) is 12.1. The van der Waals surface area contributed by atoms with Crippen LogP contribution < -0.4 is 9.80 Å². The molecule has 2 fully saturated rings. The molecular weight excluding hydrogens is 312 g/mol. The second kappa shape index (κ2) is 6.43. The third-order valence-corrected chi connectivity index (χ3v) is 5.31. The van der Waals surface area contributed by atoms with E-state index in [0.29, 0.717) is 13.1 Å². The van der Waals surface area contributed by atoms with Crippen molar-refractivity contribution in [2.75, 3.05) is 36.0 Å². The summed E-state index contributed by atoms with van der Waals surface area (Å²) in [6.07, 6.45) is 2.55. The zero-order valence-corrected chi connectivity index (χ0v) is 14.6. The monoisotopic (exact) mass is 336 g/mol. The Kier molecular flexibility index (Phi) is 4.12. The van der Waals surface area contributed by atoms with Crippen LogP contribution in [-0.4, -0.2) is 37.3 Å². The SMILES string of the molecule is Cc1cc(-c2cccc(N3CCCC3)c2)cc(N2CC(C(=O)O)C2)c1. The molecule has 0 saturated carbocycles. The Labute approximate surface area is 148 Å². The molecular formula is C21H24N2O2. The van der Waals surface area contributed by atoms with Crippen molar-refractivity contribution in [3.63, 3.8) is 0 Å². The van der Waals surface area contributed by atoms with Crippen LogP contribution in [0, 0.1) is 12.8 Å². The van der Waals surface area contributed by atoms with E-state index < -0.39 is 5.97 Å². The summed E-state index contributed by atoms with van der Waals surface area (Å²) in [7, 11) is 0. The highest BCUT2D eigenvalue weighted by atomic mass is 16.4. The summed E-state index contributed by atoms with van der Waals surface area (Å²) in [5.41, 5.74) is 6.06. The van der Waals surface area contributed by atoms with Crippen molar-refractivity contribution in [1.82, 2.24) is 0 Å². The Morgan fingerprint density at radius 1 is 0.960 bits per heavy atom. The van der Waals surface area contributed by atoms with E-state index in [2.05, 4.69) is 59.2 Å². The molecule has 2 aliphatic rings. The highest BCUT2D eigenvalue weighted by Crippen LogP contribution is 2.32. The number of hydrogen-bond acceptors (Lipinski definition) is 3. The zero-order chi connectivity index (χ0) is 17.4. The third-order valence-electron chi connectivity index (χ3n) is 5.31. The molecule has 4 heteroatoms. The van der Waals surface area contributed by atoms with Crippen LogP contribution in [0.1, 0.15) is 18.4 Å². The van der Waals surface area contributed by atoms with Gasteiger partial charge in [-0.25, -0.2) is 0 Å². The molecule has 0 radical (unpaired) electrons. The van der Waals surface area contributed by atoms with E-state index in [1.165, 1.54) is 35.2 Å². The van der Waals surface area contributed by atoms with Crippen LogP contribution >= 0.6 is 0 Å². The Balaban J connectivity index is 1.60. The first kappa shape index (κ1) is 16.0. The predicted octanol–water partition coefficient (Wildman–Crippen LogP) is 3.78. The summed E-state index contributed by atoms with van der Waals surface area (Å²) < 4.78 is 0. The smallest absolute Gasteiger partial charge is 0.310 e. The number of nitrogens with zero attached hydrogens (tertiary/aromatic N) is 2. The van der Waals surface area contributed by atoms with Gasteiger partial charge in [-0.3, -0.25) is 4.79 Å². The number of rotatable bonds is 4. The van der Waals surface area contributed by atoms with Crippen LogP contribution in [0.3, 0.4) is 0 Å². The number of benzene rings is 2. The predicted molar refractivity (Wildman–Crippen MR) is 101 cm³/mol. The lowest BCUT2D eigenvalue weighted by Crippen LogP contribution is -2.50. The van der Waals surface area contributed by atoms with Crippen LogP contribution in [0.5, 0.6) is 0 Å². The minimum atomic E-state index is -0.692. The molecule has 130 valence electrons. The summed E-state index contributed by atoms with van der Waals surface area (Å²) in [5, 5.41) is 9.09. The van der Waals surface area contributed by atoms with E-state index in [4.69, 9.17) is 5.11 Å². The lowest BCUT2D eigenvalue weighted by Gasteiger charge is -2.39. The molecule has 4 rings (SSSR count). The molecule has 0 spiro atoms. The van der Waals surface area contributed by atoms with Crippen molar-refractivity contribution in [2.45, 2.75) is 19.8 Å². The number of carboxylic acid groups (broad SMARTS) is 1. The van der Waals surface area contributed by atoms with Crippen LogP contribution in [0.15, 0.2) is 42.5 Å². The molecule has 0 unspecified atom stereocenters. The quantitative estimate of drug-likeness (QED) is 0.923. The number of aryl methyl sites for hydroxylation is 1. The van der Waals surface area contributed by atoms with E-state index in [1.54, 1.807) is 0 Å². The Bertz CT molecular complexity index is 790. The van der Waals surface area contributed by atoms with Crippen molar-refractivity contribution >= 4 is 17.3 Å². The molecule has 2 aromatic carbocycles. The molecule has 2 heterocycles. The normalized spacial score (nSPS) is 17.6. The van der Waals surface area contributed by atoms with Gasteiger partial charge in [0.15, 0.2) is 0 Å². The first-order valence-electron chi connectivity index (χ1n) is 9.05. The van der Waals surface area contributed by atoms with Crippen molar-refractivity contribution in [3.8, 4) is 11.1 Å². The second-order valence-electron chi connectivity index (χ2n) is 7.24. The maximum absolute atomic E-state index is 11.0. The standard InChI is InChI=1S/C21H24N2O2/c1-15-9-17(12-20(10-15)23-13-18(14-23)21(24)25)16-5-4-6-19(11-16)22-7-2-3-8-22/h4-6,9-12,18H,2-3,7-8,13-14H2,1H3,(H,24,25). The van der Waals surface area contributed by atoms with E-state index in [9.17, 15) is 4.79 Å². The van der Waals surface area contributed by atoms with E-state index in [-0.39, 0.29) is 5.92 Å². The van der Waals surface area contributed by atoms with Gasteiger partial charge in [-0.2, -0.15) is 0 Å². The van der Waals surface area contributed by atoms with Crippen molar-refractivity contribution < 1.29 is 9.90 Å². The highest BCUT2D eigenvalue weighted by Gasteiger charge is 2.32. The molecule has 2 saturated heterocycles. The Hall–Kier alpha value is -2.49. The Morgan fingerprint density at radius 3 is 2.40 bits per heavy atom. The van der Waals surface area contributed by atoms with Crippen LogP contribution in [0.4, 0.5) is 11.4 Å². The molecule has 0 atom stereocenters.